The fourth-order valence-electron chi connectivity index (χ4n) is 4.77. The maximum absolute atomic E-state index is 12.8. The molecule has 0 aromatic rings. The summed E-state index contributed by atoms with van der Waals surface area (Å²) in [5.74, 6) is 1.52. The van der Waals surface area contributed by atoms with E-state index in [-0.39, 0.29) is 11.8 Å². The highest BCUT2D eigenvalue weighted by atomic mass is 16.2. The number of hydrogen-bond acceptors (Lipinski definition) is 3. The Labute approximate surface area is 158 Å². The Morgan fingerprint density at radius 1 is 0.846 bits per heavy atom. The Kier molecular flexibility index (Phi) is 7.35. The Balaban J connectivity index is 1.36. The first-order valence-corrected chi connectivity index (χ1v) is 10.9. The van der Waals surface area contributed by atoms with Crippen LogP contribution in [0.3, 0.4) is 0 Å². The van der Waals surface area contributed by atoms with Gasteiger partial charge in [0.2, 0.25) is 11.8 Å². The number of nitrogens with zero attached hydrogens (tertiary/aromatic N) is 2. The van der Waals surface area contributed by atoms with Crippen molar-refractivity contribution in [3.05, 3.63) is 0 Å². The molecule has 0 radical (unpaired) electrons. The highest BCUT2D eigenvalue weighted by Crippen LogP contribution is 2.24. The van der Waals surface area contributed by atoms with E-state index in [0.29, 0.717) is 18.5 Å². The van der Waals surface area contributed by atoms with Gasteiger partial charge in [0.15, 0.2) is 0 Å². The summed E-state index contributed by atoms with van der Waals surface area (Å²) in [4.78, 5) is 29.4. The van der Waals surface area contributed by atoms with Crippen molar-refractivity contribution in [1.29, 1.82) is 0 Å². The normalized spacial score (nSPS) is 29.2. The molecule has 5 heteroatoms. The lowest BCUT2D eigenvalue weighted by molar-refractivity contribution is -0.137. The van der Waals surface area contributed by atoms with E-state index in [2.05, 4.69) is 22.0 Å². The SMILES string of the molecule is CC1CCC(NC(=O)CN2CCC(C(=O)N3CCCCCC3)CC2)CC1. The molecule has 0 unspecified atom stereocenters. The van der Waals surface area contributed by atoms with E-state index < -0.39 is 0 Å². The van der Waals surface area contributed by atoms with Crippen molar-refractivity contribution in [3.8, 4) is 0 Å². The number of likely N-dealkylation sites (tertiary alicyclic amines) is 2. The van der Waals surface area contributed by atoms with Crippen molar-refractivity contribution in [3.63, 3.8) is 0 Å². The number of carbonyl (C=O) groups excluding carboxylic acids is 2. The molecule has 2 heterocycles. The van der Waals surface area contributed by atoms with Gasteiger partial charge in [0.25, 0.3) is 0 Å². The van der Waals surface area contributed by atoms with Crippen LogP contribution in [0.1, 0.15) is 71.1 Å². The molecule has 3 fully saturated rings. The molecule has 2 saturated heterocycles. The van der Waals surface area contributed by atoms with Crippen LogP contribution in [-0.4, -0.2) is 60.4 Å². The number of nitrogens with one attached hydrogen (secondary N) is 1. The number of rotatable bonds is 4. The first-order chi connectivity index (χ1) is 12.6. The van der Waals surface area contributed by atoms with Gasteiger partial charge in [-0.15, -0.1) is 0 Å². The summed E-state index contributed by atoms with van der Waals surface area (Å²) in [6.45, 7) is 6.44. The van der Waals surface area contributed by atoms with E-state index in [1.54, 1.807) is 0 Å². The van der Waals surface area contributed by atoms with Gasteiger partial charge in [-0.1, -0.05) is 19.8 Å². The molecule has 1 aliphatic carbocycles. The first-order valence-electron chi connectivity index (χ1n) is 10.9. The summed E-state index contributed by atoms with van der Waals surface area (Å²) in [6.07, 6.45) is 11.4. The second-order valence-corrected chi connectivity index (χ2v) is 8.81. The molecule has 0 aromatic carbocycles. The summed E-state index contributed by atoms with van der Waals surface area (Å²) in [7, 11) is 0. The first kappa shape index (κ1) is 19.7. The minimum atomic E-state index is 0.168. The van der Waals surface area contributed by atoms with Gasteiger partial charge in [-0.25, -0.2) is 0 Å². The average molecular weight is 364 g/mol. The smallest absolute Gasteiger partial charge is 0.234 e. The van der Waals surface area contributed by atoms with Crippen LogP contribution in [0.25, 0.3) is 0 Å². The Morgan fingerprint density at radius 2 is 1.46 bits per heavy atom. The topological polar surface area (TPSA) is 52.7 Å². The highest BCUT2D eigenvalue weighted by molar-refractivity contribution is 5.79. The van der Waals surface area contributed by atoms with E-state index in [1.807, 2.05) is 0 Å². The summed E-state index contributed by atoms with van der Waals surface area (Å²) in [6, 6.07) is 0.376. The van der Waals surface area contributed by atoms with Crippen LogP contribution in [-0.2, 0) is 9.59 Å². The van der Waals surface area contributed by atoms with Crippen LogP contribution in [0.15, 0.2) is 0 Å². The van der Waals surface area contributed by atoms with E-state index in [9.17, 15) is 9.59 Å². The van der Waals surface area contributed by atoms with Gasteiger partial charge >= 0.3 is 0 Å². The Bertz CT molecular complexity index is 458. The predicted octanol–water partition coefficient (Wildman–Crippen LogP) is 2.80. The molecular weight excluding hydrogens is 326 g/mol. The van der Waals surface area contributed by atoms with Gasteiger partial charge in [0.1, 0.15) is 0 Å². The maximum Gasteiger partial charge on any atom is 0.234 e. The fourth-order valence-corrected chi connectivity index (χ4v) is 4.77. The molecule has 3 aliphatic rings. The Morgan fingerprint density at radius 3 is 2.08 bits per heavy atom. The zero-order valence-electron chi connectivity index (χ0n) is 16.5. The summed E-state index contributed by atoms with van der Waals surface area (Å²) in [5.41, 5.74) is 0. The standard InChI is InChI=1S/C21H37N3O2/c1-17-6-8-19(9-7-17)22-20(25)16-23-14-10-18(11-15-23)21(26)24-12-4-2-3-5-13-24/h17-19H,2-16H2,1H3,(H,22,25). The van der Waals surface area contributed by atoms with Crippen LogP contribution in [0.4, 0.5) is 0 Å². The quantitative estimate of drug-likeness (QED) is 0.836. The molecule has 0 spiro atoms. The maximum atomic E-state index is 12.8. The molecule has 2 aliphatic heterocycles. The average Bonchev–Trinajstić information content (AvgIpc) is 2.93. The highest BCUT2D eigenvalue weighted by Gasteiger charge is 2.29. The third kappa shape index (κ3) is 5.70. The third-order valence-corrected chi connectivity index (χ3v) is 6.60. The van der Waals surface area contributed by atoms with Gasteiger partial charge in [-0.3, -0.25) is 14.5 Å². The minimum absolute atomic E-state index is 0.168. The fraction of sp³-hybridized carbons (Fsp3) is 0.905. The molecule has 1 N–H and O–H groups in total. The Hall–Kier alpha value is -1.10. The summed E-state index contributed by atoms with van der Waals surface area (Å²) >= 11 is 0. The van der Waals surface area contributed by atoms with Crippen LogP contribution in [0.5, 0.6) is 0 Å². The van der Waals surface area contributed by atoms with Gasteiger partial charge in [0, 0.05) is 25.0 Å². The zero-order valence-corrected chi connectivity index (χ0v) is 16.5. The number of piperidine rings is 1. The van der Waals surface area contributed by atoms with E-state index in [4.69, 9.17) is 0 Å². The second-order valence-electron chi connectivity index (χ2n) is 8.81. The lowest BCUT2D eigenvalue weighted by Crippen LogP contribution is -2.47. The van der Waals surface area contributed by atoms with Gasteiger partial charge < -0.3 is 10.2 Å². The molecule has 5 nitrogen and oxygen atoms in total. The number of carbonyl (C=O) groups is 2. The van der Waals surface area contributed by atoms with Crippen molar-refractivity contribution in [2.24, 2.45) is 11.8 Å². The largest absolute Gasteiger partial charge is 0.352 e. The summed E-state index contributed by atoms with van der Waals surface area (Å²) < 4.78 is 0. The minimum Gasteiger partial charge on any atom is -0.352 e. The van der Waals surface area contributed by atoms with Crippen molar-refractivity contribution in [2.45, 2.75) is 77.2 Å². The number of amides is 2. The predicted molar refractivity (Wildman–Crippen MR) is 104 cm³/mol. The third-order valence-electron chi connectivity index (χ3n) is 6.60. The molecule has 2 amide bonds. The summed E-state index contributed by atoms with van der Waals surface area (Å²) in [5, 5.41) is 3.22. The molecule has 3 rings (SSSR count). The van der Waals surface area contributed by atoms with Crippen LogP contribution in [0.2, 0.25) is 0 Å². The molecule has 0 bridgehead atoms. The lowest BCUT2D eigenvalue weighted by Gasteiger charge is -2.34. The molecule has 1 saturated carbocycles. The lowest BCUT2D eigenvalue weighted by atomic mass is 9.87. The van der Waals surface area contributed by atoms with Crippen molar-refractivity contribution in [1.82, 2.24) is 15.1 Å². The molecule has 0 atom stereocenters. The monoisotopic (exact) mass is 363 g/mol. The van der Waals surface area contributed by atoms with Crippen LogP contribution >= 0.6 is 0 Å². The van der Waals surface area contributed by atoms with E-state index in [1.165, 1.54) is 25.7 Å². The van der Waals surface area contributed by atoms with Gasteiger partial charge in [-0.05, 0) is 70.4 Å². The van der Waals surface area contributed by atoms with Gasteiger partial charge in [0.05, 0.1) is 6.54 Å². The van der Waals surface area contributed by atoms with Crippen molar-refractivity contribution < 1.29 is 9.59 Å². The molecule has 148 valence electrons. The van der Waals surface area contributed by atoms with E-state index >= 15 is 0 Å². The molecule has 0 aromatic heterocycles. The molecular formula is C21H37N3O2. The second kappa shape index (κ2) is 9.72. The van der Waals surface area contributed by atoms with Crippen LogP contribution < -0.4 is 5.32 Å². The van der Waals surface area contributed by atoms with Gasteiger partial charge in [-0.2, -0.15) is 0 Å². The van der Waals surface area contributed by atoms with E-state index in [0.717, 1.165) is 70.6 Å². The molecule has 26 heavy (non-hydrogen) atoms. The van der Waals surface area contributed by atoms with Crippen LogP contribution in [0, 0.1) is 11.8 Å². The van der Waals surface area contributed by atoms with Crippen molar-refractivity contribution >= 4 is 11.8 Å². The zero-order chi connectivity index (χ0) is 18.4. The number of hydrogen-bond donors (Lipinski definition) is 1. The van der Waals surface area contributed by atoms with Crippen molar-refractivity contribution in [2.75, 3.05) is 32.7 Å².